The number of amides is 3. The Kier molecular flexibility index (Phi) is 6.69. The van der Waals surface area contributed by atoms with Gasteiger partial charge in [0.2, 0.25) is 5.91 Å². The van der Waals surface area contributed by atoms with E-state index in [1.807, 2.05) is 35.2 Å². The van der Waals surface area contributed by atoms with Crippen molar-refractivity contribution in [1.82, 2.24) is 15.1 Å². The van der Waals surface area contributed by atoms with Crippen LogP contribution in [0.5, 0.6) is 0 Å². The Morgan fingerprint density at radius 1 is 1.10 bits per heavy atom. The van der Waals surface area contributed by atoms with Gasteiger partial charge in [0.25, 0.3) is 0 Å². The second-order valence-corrected chi connectivity index (χ2v) is 9.10. The normalized spacial score (nSPS) is 18.0. The number of aliphatic hydroxyl groups is 1. The van der Waals surface area contributed by atoms with E-state index in [1.54, 1.807) is 16.2 Å². The number of urea groups is 1. The van der Waals surface area contributed by atoms with Crippen LogP contribution in [0.2, 0.25) is 0 Å². The van der Waals surface area contributed by atoms with E-state index in [4.69, 9.17) is 0 Å². The molecule has 2 aliphatic heterocycles. The predicted molar refractivity (Wildman–Crippen MR) is 117 cm³/mol. The Bertz CT molecular complexity index is 862. The van der Waals surface area contributed by atoms with Gasteiger partial charge in [-0.05, 0) is 47.8 Å². The Balaban J connectivity index is 1.17. The molecule has 0 aliphatic carbocycles. The number of hydrogen-bond acceptors (Lipinski definition) is 4. The molecule has 0 bridgehead atoms. The summed E-state index contributed by atoms with van der Waals surface area (Å²) in [4.78, 5) is 30.0. The highest BCUT2D eigenvalue weighted by atomic mass is 32.1. The molecule has 3 amide bonds. The molecule has 160 valence electrons. The fraction of sp³-hybridized carbons (Fsp3) is 0.478. The van der Waals surface area contributed by atoms with Gasteiger partial charge in [-0.25, -0.2) is 4.79 Å². The molecule has 2 aromatic rings. The molecule has 0 spiro atoms. The average Bonchev–Trinajstić information content (AvgIpc) is 3.27. The minimum absolute atomic E-state index is 0.0943. The summed E-state index contributed by atoms with van der Waals surface area (Å²) >= 11 is 1.76. The number of likely N-dealkylation sites (tertiary alicyclic amines) is 1. The van der Waals surface area contributed by atoms with Crippen LogP contribution in [-0.2, 0) is 17.8 Å². The zero-order chi connectivity index (χ0) is 20.9. The molecule has 30 heavy (non-hydrogen) atoms. The number of hydrogen-bond donors (Lipinski definition) is 2. The van der Waals surface area contributed by atoms with E-state index in [0.717, 1.165) is 31.4 Å². The second kappa shape index (κ2) is 9.62. The van der Waals surface area contributed by atoms with Crippen molar-refractivity contribution in [2.24, 2.45) is 5.92 Å². The summed E-state index contributed by atoms with van der Waals surface area (Å²) < 4.78 is 0. The van der Waals surface area contributed by atoms with E-state index in [2.05, 4.69) is 16.8 Å². The number of benzene rings is 1. The van der Waals surface area contributed by atoms with Crippen LogP contribution < -0.4 is 5.32 Å². The largest absolute Gasteiger partial charge is 0.388 e. The summed E-state index contributed by atoms with van der Waals surface area (Å²) in [6.07, 6.45) is 2.32. The van der Waals surface area contributed by atoms with Crippen LogP contribution in [0.25, 0.3) is 0 Å². The number of piperidine rings is 1. The molecule has 3 heterocycles. The van der Waals surface area contributed by atoms with E-state index in [-0.39, 0.29) is 17.9 Å². The van der Waals surface area contributed by atoms with E-state index >= 15 is 0 Å². The smallest absolute Gasteiger partial charge is 0.317 e. The zero-order valence-electron chi connectivity index (χ0n) is 17.1. The Morgan fingerprint density at radius 2 is 1.87 bits per heavy atom. The number of rotatable bonds is 5. The molecule has 0 saturated carbocycles. The van der Waals surface area contributed by atoms with Gasteiger partial charge in [-0.3, -0.25) is 4.79 Å². The van der Waals surface area contributed by atoms with Crippen molar-refractivity contribution in [2.45, 2.75) is 38.3 Å². The second-order valence-electron chi connectivity index (χ2n) is 8.10. The van der Waals surface area contributed by atoms with Gasteiger partial charge in [-0.15, -0.1) is 11.3 Å². The van der Waals surface area contributed by atoms with Crippen molar-refractivity contribution < 1.29 is 14.7 Å². The lowest BCUT2D eigenvalue weighted by Crippen LogP contribution is -2.46. The summed E-state index contributed by atoms with van der Waals surface area (Å²) in [6, 6.07) is 11.7. The van der Waals surface area contributed by atoms with Crippen LogP contribution in [0.1, 0.15) is 41.4 Å². The van der Waals surface area contributed by atoms with Crippen LogP contribution in [0.4, 0.5) is 4.79 Å². The zero-order valence-corrected chi connectivity index (χ0v) is 17.9. The third-order valence-electron chi connectivity index (χ3n) is 6.19. The third-order valence-corrected chi connectivity index (χ3v) is 7.21. The first-order valence-corrected chi connectivity index (χ1v) is 11.6. The monoisotopic (exact) mass is 427 g/mol. The minimum Gasteiger partial charge on any atom is -0.388 e. The topological polar surface area (TPSA) is 72.9 Å². The molecule has 0 radical (unpaired) electrons. The van der Waals surface area contributed by atoms with Crippen molar-refractivity contribution in [1.29, 1.82) is 0 Å². The first-order valence-electron chi connectivity index (χ1n) is 10.7. The number of nitrogens with one attached hydrogen (secondary N) is 1. The molecular formula is C23H29N3O3S. The Hall–Kier alpha value is -2.38. The number of nitrogens with zero attached hydrogens (tertiary/aromatic N) is 2. The molecule has 7 heteroatoms. The molecule has 1 aromatic carbocycles. The first-order chi connectivity index (χ1) is 14.6. The van der Waals surface area contributed by atoms with Gasteiger partial charge < -0.3 is 20.2 Å². The van der Waals surface area contributed by atoms with Crippen LogP contribution in [0, 0.1) is 5.92 Å². The fourth-order valence-electron chi connectivity index (χ4n) is 4.35. The number of aliphatic hydroxyl groups excluding tert-OH is 1. The van der Waals surface area contributed by atoms with Crippen molar-refractivity contribution in [3.8, 4) is 0 Å². The van der Waals surface area contributed by atoms with Crippen molar-refractivity contribution >= 4 is 23.3 Å². The van der Waals surface area contributed by atoms with Crippen molar-refractivity contribution in [3.63, 3.8) is 0 Å². The maximum absolute atomic E-state index is 12.5. The van der Waals surface area contributed by atoms with Crippen LogP contribution in [0.15, 0.2) is 41.8 Å². The third kappa shape index (κ3) is 4.84. The fourth-order valence-corrected chi connectivity index (χ4v) is 5.24. The maximum Gasteiger partial charge on any atom is 0.317 e. The summed E-state index contributed by atoms with van der Waals surface area (Å²) in [5.41, 5.74) is 2.19. The molecule has 1 saturated heterocycles. The van der Waals surface area contributed by atoms with Crippen LogP contribution >= 0.6 is 11.3 Å². The van der Waals surface area contributed by atoms with E-state index in [0.29, 0.717) is 32.6 Å². The molecule has 2 N–H and O–H groups in total. The predicted octanol–water partition coefficient (Wildman–Crippen LogP) is 3.18. The van der Waals surface area contributed by atoms with Gasteiger partial charge in [0.05, 0.1) is 6.10 Å². The standard InChI is InChI=1S/C23H29N3O3S/c27-21(26-14-9-20-19(16-26)10-15-30-20)6-11-24-23(29)25-12-7-18(8-13-25)22(28)17-4-2-1-3-5-17/h1-5,10,15,18,22,28H,6-9,11-14,16H2,(H,24,29). The van der Waals surface area contributed by atoms with E-state index < -0.39 is 6.10 Å². The Morgan fingerprint density at radius 3 is 2.63 bits per heavy atom. The SMILES string of the molecule is O=C(CCNC(=O)N1CCC(C(O)c2ccccc2)CC1)N1CCc2sccc2C1. The van der Waals surface area contributed by atoms with Gasteiger partial charge >= 0.3 is 6.03 Å². The van der Waals surface area contributed by atoms with Gasteiger partial charge in [-0.2, -0.15) is 0 Å². The summed E-state index contributed by atoms with van der Waals surface area (Å²) in [6.45, 7) is 3.06. The molecular weight excluding hydrogens is 398 g/mol. The van der Waals surface area contributed by atoms with Gasteiger partial charge in [0.1, 0.15) is 0 Å². The molecule has 1 aromatic heterocycles. The molecule has 1 unspecified atom stereocenters. The highest BCUT2D eigenvalue weighted by molar-refractivity contribution is 7.10. The van der Waals surface area contributed by atoms with E-state index in [1.165, 1.54) is 10.4 Å². The highest BCUT2D eigenvalue weighted by Crippen LogP contribution is 2.30. The molecule has 1 atom stereocenters. The molecule has 4 rings (SSSR count). The molecule has 1 fully saturated rings. The quantitative estimate of drug-likeness (QED) is 0.770. The minimum atomic E-state index is -0.484. The number of fused-ring (bicyclic) bond motifs is 1. The number of carbonyl (C=O) groups excluding carboxylic acids is 2. The Labute approximate surface area is 181 Å². The molecule has 6 nitrogen and oxygen atoms in total. The van der Waals surface area contributed by atoms with Gasteiger partial charge in [0, 0.05) is 44.0 Å². The van der Waals surface area contributed by atoms with Crippen LogP contribution in [-0.4, -0.2) is 53.0 Å². The number of thiophene rings is 1. The first kappa shape index (κ1) is 20.9. The van der Waals surface area contributed by atoms with Gasteiger partial charge in [-0.1, -0.05) is 30.3 Å². The van der Waals surface area contributed by atoms with Crippen molar-refractivity contribution in [3.05, 3.63) is 57.8 Å². The lowest BCUT2D eigenvalue weighted by molar-refractivity contribution is -0.131. The highest BCUT2D eigenvalue weighted by Gasteiger charge is 2.28. The lowest BCUT2D eigenvalue weighted by Gasteiger charge is -2.34. The summed E-state index contributed by atoms with van der Waals surface area (Å²) in [5, 5.41) is 15.6. The van der Waals surface area contributed by atoms with Crippen molar-refractivity contribution in [2.75, 3.05) is 26.2 Å². The van der Waals surface area contributed by atoms with Crippen LogP contribution in [0.3, 0.4) is 0 Å². The maximum atomic E-state index is 12.5. The van der Waals surface area contributed by atoms with E-state index in [9.17, 15) is 14.7 Å². The summed E-state index contributed by atoms with van der Waals surface area (Å²) in [5.74, 6) is 0.260. The summed E-state index contributed by atoms with van der Waals surface area (Å²) in [7, 11) is 0. The molecule has 2 aliphatic rings. The lowest BCUT2D eigenvalue weighted by atomic mass is 9.87. The number of carbonyl (C=O) groups is 2. The van der Waals surface area contributed by atoms with Gasteiger partial charge in [0.15, 0.2) is 0 Å². The average molecular weight is 428 g/mol.